The summed E-state index contributed by atoms with van der Waals surface area (Å²) in [5.74, 6) is -1.79. The standard InChI is InChI=1S/C22H30N2O4/c1-5-28-21(27)15-12-10-14-11-13-18(15)24(14)20(26)19(25)23-17-9-7-6-8-16(17)22(2,3)4/h6-9,14-15,18H,5,10-13H2,1-4H3,(H,23,25). The lowest BCUT2D eigenvalue weighted by atomic mass is 9.86. The number of nitrogens with one attached hydrogen (secondary N) is 1. The summed E-state index contributed by atoms with van der Waals surface area (Å²) in [5.41, 5.74) is 1.47. The number of carbonyl (C=O) groups is 3. The Balaban J connectivity index is 1.77. The van der Waals surface area contributed by atoms with Crippen molar-refractivity contribution < 1.29 is 19.1 Å². The molecule has 2 fully saturated rings. The number of hydrogen-bond donors (Lipinski definition) is 1. The molecule has 3 unspecified atom stereocenters. The maximum absolute atomic E-state index is 13.0. The number of hydrogen-bond acceptors (Lipinski definition) is 4. The average Bonchev–Trinajstić information content (AvgIpc) is 2.93. The fourth-order valence-electron chi connectivity index (χ4n) is 4.53. The molecule has 2 bridgehead atoms. The van der Waals surface area contributed by atoms with Crippen LogP contribution < -0.4 is 5.32 Å². The molecule has 6 nitrogen and oxygen atoms in total. The van der Waals surface area contributed by atoms with E-state index in [1.165, 1.54) is 0 Å². The van der Waals surface area contributed by atoms with Crippen molar-refractivity contribution in [2.45, 2.75) is 70.9 Å². The van der Waals surface area contributed by atoms with E-state index in [4.69, 9.17) is 4.74 Å². The first-order valence-corrected chi connectivity index (χ1v) is 10.1. The number of nitrogens with zero attached hydrogens (tertiary/aromatic N) is 1. The highest BCUT2D eigenvalue weighted by atomic mass is 16.5. The summed E-state index contributed by atoms with van der Waals surface area (Å²) in [6, 6.07) is 7.34. The molecule has 0 saturated carbocycles. The molecular formula is C22H30N2O4. The monoisotopic (exact) mass is 386 g/mol. The van der Waals surface area contributed by atoms with Crippen LogP contribution in [-0.2, 0) is 24.5 Å². The molecule has 1 aromatic carbocycles. The van der Waals surface area contributed by atoms with Crippen molar-refractivity contribution in [3.8, 4) is 0 Å². The highest BCUT2D eigenvalue weighted by Gasteiger charge is 2.49. The Labute approximate surface area is 166 Å². The lowest BCUT2D eigenvalue weighted by molar-refractivity contribution is -0.156. The van der Waals surface area contributed by atoms with Crippen LogP contribution in [0.25, 0.3) is 0 Å². The third-order valence-corrected chi connectivity index (χ3v) is 5.82. The average molecular weight is 386 g/mol. The molecule has 0 radical (unpaired) electrons. The number of rotatable bonds is 3. The Morgan fingerprint density at radius 1 is 1.11 bits per heavy atom. The van der Waals surface area contributed by atoms with Gasteiger partial charge in [-0.3, -0.25) is 14.4 Å². The van der Waals surface area contributed by atoms with Gasteiger partial charge in [0.1, 0.15) is 0 Å². The molecule has 2 aliphatic rings. The summed E-state index contributed by atoms with van der Waals surface area (Å²) in [6.07, 6.45) is 3.02. The van der Waals surface area contributed by atoms with Gasteiger partial charge in [0.05, 0.1) is 12.5 Å². The van der Waals surface area contributed by atoms with Crippen molar-refractivity contribution in [3.05, 3.63) is 29.8 Å². The van der Waals surface area contributed by atoms with Crippen molar-refractivity contribution in [2.24, 2.45) is 5.92 Å². The van der Waals surface area contributed by atoms with Crippen molar-refractivity contribution in [1.82, 2.24) is 4.90 Å². The zero-order valence-electron chi connectivity index (χ0n) is 17.2. The van der Waals surface area contributed by atoms with Crippen LogP contribution in [-0.4, -0.2) is 41.4 Å². The van der Waals surface area contributed by atoms with Crippen LogP contribution in [0.1, 0.15) is 58.9 Å². The zero-order valence-corrected chi connectivity index (χ0v) is 17.2. The highest BCUT2D eigenvalue weighted by Crippen LogP contribution is 2.40. The summed E-state index contributed by atoms with van der Waals surface area (Å²) in [5, 5.41) is 2.81. The largest absolute Gasteiger partial charge is 0.466 e. The molecule has 2 aliphatic heterocycles. The molecule has 3 atom stereocenters. The molecule has 28 heavy (non-hydrogen) atoms. The van der Waals surface area contributed by atoms with E-state index in [2.05, 4.69) is 26.1 Å². The van der Waals surface area contributed by atoms with Crippen molar-refractivity contribution in [2.75, 3.05) is 11.9 Å². The quantitative estimate of drug-likeness (QED) is 0.639. The highest BCUT2D eigenvalue weighted by molar-refractivity contribution is 6.39. The first-order valence-electron chi connectivity index (χ1n) is 10.1. The normalized spacial score (nSPS) is 24.0. The fraction of sp³-hybridized carbons (Fsp3) is 0.591. The van der Waals surface area contributed by atoms with Gasteiger partial charge < -0.3 is 15.0 Å². The predicted molar refractivity (Wildman–Crippen MR) is 107 cm³/mol. The number of esters is 1. The molecule has 1 aromatic rings. The van der Waals surface area contributed by atoms with E-state index in [1.54, 1.807) is 11.8 Å². The van der Waals surface area contributed by atoms with E-state index >= 15 is 0 Å². The summed E-state index contributed by atoms with van der Waals surface area (Å²) < 4.78 is 5.19. The number of ether oxygens (including phenoxy) is 1. The number of piperidine rings is 1. The zero-order chi connectivity index (χ0) is 20.5. The van der Waals surface area contributed by atoms with E-state index in [1.807, 2.05) is 24.3 Å². The minimum absolute atomic E-state index is 0.0341. The number of fused-ring (bicyclic) bond motifs is 2. The second-order valence-corrected chi connectivity index (χ2v) is 8.70. The van der Waals surface area contributed by atoms with Crippen molar-refractivity contribution >= 4 is 23.5 Å². The Morgan fingerprint density at radius 3 is 2.46 bits per heavy atom. The molecular weight excluding hydrogens is 356 g/mol. The number of amides is 2. The van der Waals surface area contributed by atoms with Crippen LogP contribution in [0.2, 0.25) is 0 Å². The van der Waals surface area contributed by atoms with Crippen LogP contribution in [0.5, 0.6) is 0 Å². The predicted octanol–water partition coefficient (Wildman–Crippen LogP) is 3.26. The Bertz CT molecular complexity index is 768. The maximum atomic E-state index is 13.0. The minimum atomic E-state index is -0.641. The van der Waals surface area contributed by atoms with E-state index in [0.717, 1.165) is 24.8 Å². The first kappa shape index (κ1) is 20.4. The minimum Gasteiger partial charge on any atom is -0.466 e. The molecule has 0 aliphatic carbocycles. The van der Waals surface area contributed by atoms with E-state index in [-0.39, 0.29) is 29.4 Å². The van der Waals surface area contributed by atoms with Crippen molar-refractivity contribution in [3.63, 3.8) is 0 Å². The van der Waals surface area contributed by atoms with Gasteiger partial charge in [-0.15, -0.1) is 0 Å². The van der Waals surface area contributed by atoms with Gasteiger partial charge in [-0.2, -0.15) is 0 Å². The number of carbonyl (C=O) groups excluding carboxylic acids is 3. The molecule has 6 heteroatoms. The second kappa shape index (κ2) is 7.94. The van der Waals surface area contributed by atoms with Crippen LogP contribution in [0, 0.1) is 5.92 Å². The molecule has 3 rings (SSSR count). The van der Waals surface area contributed by atoms with Gasteiger partial charge in [-0.1, -0.05) is 39.0 Å². The fourth-order valence-corrected chi connectivity index (χ4v) is 4.53. The molecule has 152 valence electrons. The van der Waals surface area contributed by atoms with Gasteiger partial charge in [0.25, 0.3) is 0 Å². The van der Waals surface area contributed by atoms with Gasteiger partial charge in [-0.05, 0) is 49.7 Å². The van der Waals surface area contributed by atoms with Gasteiger partial charge in [0.15, 0.2) is 0 Å². The SMILES string of the molecule is CCOC(=O)C1CCC2CCC1N2C(=O)C(=O)Nc1ccccc1C(C)(C)C. The van der Waals surface area contributed by atoms with Gasteiger partial charge in [-0.25, -0.2) is 0 Å². The van der Waals surface area contributed by atoms with E-state index in [9.17, 15) is 14.4 Å². The van der Waals surface area contributed by atoms with E-state index < -0.39 is 11.8 Å². The lowest BCUT2D eigenvalue weighted by Gasteiger charge is -2.38. The number of anilines is 1. The topological polar surface area (TPSA) is 75.7 Å². The summed E-state index contributed by atoms with van der Waals surface area (Å²) >= 11 is 0. The summed E-state index contributed by atoms with van der Waals surface area (Å²) in [7, 11) is 0. The molecule has 2 amide bonds. The molecule has 2 heterocycles. The molecule has 0 aromatic heterocycles. The van der Waals surface area contributed by atoms with Gasteiger partial charge in [0, 0.05) is 17.8 Å². The Morgan fingerprint density at radius 2 is 1.79 bits per heavy atom. The second-order valence-electron chi connectivity index (χ2n) is 8.70. The van der Waals surface area contributed by atoms with Crippen LogP contribution >= 0.6 is 0 Å². The summed E-state index contributed by atoms with van der Waals surface area (Å²) in [4.78, 5) is 39.8. The molecule has 2 saturated heterocycles. The third kappa shape index (κ3) is 3.91. The summed E-state index contributed by atoms with van der Waals surface area (Å²) in [6.45, 7) is 8.29. The third-order valence-electron chi connectivity index (χ3n) is 5.82. The van der Waals surface area contributed by atoms with Crippen LogP contribution in [0.3, 0.4) is 0 Å². The number of benzene rings is 1. The Hall–Kier alpha value is -2.37. The molecule has 1 N–H and O–H groups in total. The molecule has 0 spiro atoms. The van der Waals surface area contributed by atoms with Crippen molar-refractivity contribution in [1.29, 1.82) is 0 Å². The lowest BCUT2D eigenvalue weighted by Crippen LogP contribution is -2.53. The van der Waals surface area contributed by atoms with Crippen LogP contribution in [0.15, 0.2) is 24.3 Å². The Kier molecular flexibility index (Phi) is 5.77. The number of para-hydroxylation sites is 1. The van der Waals surface area contributed by atoms with Crippen LogP contribution in [0.4, 0.5) is 5.69 Å². The maximum Gasteiger partial charge on any atom is 0.313 e. The van der Waals surface area contributed by atoms with Gasteiger partial charge in [0.2, 0.25) is 0 Å². The van der Waals surface area contributed by atoms with E-state index in [0.29, 0.717) is 18.7 Å². The van der Waals surface area contributed by atoms with Gasteiger partial charge >= 0.3 is 17.8 Å². The smallest absolute Gasteiger partial charge is 0.313 e. The first-order chi connectivity index (χ1) is 13.2.